The highest BCUT2D eigenvalue weighted by molar-refractivity contribution is 4.88. The van der Waals surface area contributed by atoms with Crippen LogP contribution in [-0.4, -0.2) is 6.18 Å². The summed E-state index contributed by atoms with van der Waals surface area (Å²) in [6.07, 6.45) is -4.11. The Labute approximate surface area is 117 Å². The molecule has 19 heavy (non-hydrogen) atoms. The van der Waals surface area contributed by atoms with Gasteiger partial charge in [0.15, 0.2) is 0 Å². The molecule has 0 aliphatic carbocycles. The predicted molar refractivity (Wildman–Crippen MR) is 75.9 cm³/mol. The largest absolute Gasteiger partial charge is 0.392 e. The molecule has 0 N–H and O–H groups in total. The first kappa shape index (κ1) is 18.8. The highest BCUT2D eigenvalue weighted by atomic mass is 19.4. The lowest BCUT2D eigenvalue weighted by Gasteiger charge is -2.43. The lowest BCUT2D eigenvalue weighted by Crippen LogP contribution is -2.44. The van der Waals surface area contributed by atoms with Crippen LogP contribution in [0.25, 0.3) is 0 Å². The molecule has 0 unspecified atom stereocenters. The molecule has 0 aromatic heterocycles. The van der Waals surface area contributed by atoms with Gasteiger partial charge in [-0.15, -0.1) is 0 Å². The van der Waals surface area contributed by atoms with Gasteiger partial charge in [-0.1, -0.05) is 55.4 Å². The lowest BCUT2D eigenvalue weighted by molar-refractivity contribution is -0.223. The summed E-state index contributed by atoms with van der Waals surface area (Å²) in [7, 11) is 0. The van der Waals surface area contributed by atoms with Crippen LogP contribution in [0.2, 0.25) is 0 Å². The summed E-state index contributed by atoms with van der Waals surface area (Å²) in [4.78, 5) is 0. The maximum absolute atomic E-state index is 13.7. The minimum Gasteiger partial charge on any atom is -0.171 e. The molecule has 0 radical (unpaired) electrons. The van der Waals surface area contributed by atoms with Gasteiger partial charge in [-0.25, -0.2) is 0 Å². The first-order chi connectivity index (χ1) is 8.41. The first-order valence-electron chi connectivity index (χ1n) is 7.47. The van der Waals surface area contributed by atoms with Gasteiger partial charge in [-0.2, -0.15) is 13.2 Å². The third kappa shape index (κ3) is 5.00. The molecule has 0 saturated carbocycles. The van der Waals surface area contributed by atoms with Crippen molar-refractivity contribution in [3.05, 3.63) is 0 Å². The minimum absolute atomic E-state index is 0.0478. The fourth-order valence-corrected chi connectivity index (χ4v) is 3.89. The van der Waals surface area contributed by atoms with Crippen molar-refractivity contribution in [1.29, 1.82) is 0 Å². The SMILES string of the molecule is CC(C)C(C(C)C)C(C(C(C)C)C(C)C)C(F)(F)F. The minimum atomic E-state index is -4.11. The van der Waals surface area contributed by atoms with Gasteiger partial charge in [0, 0.05) is 0 Å². The van der Waals surface area contributed by atoms with Crippen LogP contribution < -0.4 is 0 Å². The van der Waals surface area contributed by atoms with Gasteiger partial charge in [-0.3, -0.25) is 0 Å². The Morgan fingerprint density at radius 1 is 0.526 bits per heavy atom. The molecule has 0 fully saturated rings. The van der Waals surface area contributed by atoms with Crippen LogP contribution in [0, 0.1) is 41.4 Å². The smallest absolute Gasteiger partial charge is 0.171 e. The molecule has 0 aliphatic rings. The Balaban J connectivity index is 5.65. The quantitative estimate of drug-likeness (QED) is 0.558. The van der Waals surface area contributed by atoms with Gasteiger partial charge < -0.3 is 0 Å². The average Bonchev–Trinajstić information content (AvgIpc) is 2.12. The average molecular weight is 280 g/mol. The van der Waals surface area contributed by atoms with Crippen molar-refractivity contribution < 1.29 is 13.2 Å². The summed E-state index contributed by atoms with van der Waals surface area (Å²) < 4.78 is 41.0. The molecule has 0 rings (SSSR count). The van der Waals surface area contributed by atoms with E-state index in [0.29, 0.717) is 0 Å². The van der Waals surface area contributed by atoms with Crippen LogP contribution >= 0.6 is 0 Å². The molecule has 0 atom stereocenters. The maximum atomic E-state index is 13.7. The van der Waals surface area contributed by atoms with Gasteiger partial charge >= 0.3 is 6.18 Å². The maximum Gasteiger partial charge on any atom is 0.392 e. The van der Waals surface area contributed by atoms with E-state index in [4.69, 9.17) is 0 Å². The highest BCUT2D eigenvalue weighted by Crippen LogP contribution is 2.48. The number of halogens is 3. The zero-order valence-electron chi connectivity index (χ0n) is 13.7. The van der Waals surface area contributed by atoms with E-state index >= 15 is 0 Å². The third-order valence-electron chi connectivity index (χ3n) is 4.29. The molecular weight excluding hydrogens is 249 g/mol. The summed E-state index contributed by atoms with van der Waals surface area (Å²) >= 11 is 0. The lowest BCUT2D eigenvalue weighted by atomic mass is 9.64. The standard InChI is InChI=1S/C16H31F3/c1-9(2)13(10(3)4)15(16(17,18)19)14(11(5)6)12(7)8/h9-15H,1-8H3. The number of hydrogen-bond donors (Lipinski definition) is 0. The zero-order chi connectivity index (χ0) is 15.5. The van der Waals surface area contributed by atoms with E-state index < -0.39 is 12.1 Å². The van der Waals surface area contributed by atoms with E-state index in [-0.39, 0.29) is 35.5 Å². The third-order valence-corrected chi connectivity index (χ3v) is 4.29. The van der Waals surface area contributed by atoms with Crippen molar-refractivity contribution >= 4 is 0 Å². The predicted octanol–water partition coefficient (Wildman–Crippen LogP) is 6.02. The summed E-state index contributed by atoms with van der Waals surface area (Å²) in [6.45, 7) is 15.3. The number of alkyl halides is 3. The van der Waals surface area contributed by atoms with Crippen molar-refractivity contribution in [1.82, 2.24) is 0 Å². The van der Waals surface area contributed by atoms with Crippen molar-refractivity contribution in [2.75, 3.05) is 0 Å². The summed E-state index contributed by atoms with van der Waals surface area (Å²) in [5.74, 6) is -1.63. The molecule has 0 aliphatic heterocycles. The molecule has 3 heteroatoms. The van der Waals surface area contributed by atoms with Crippen LogP contribution in [0.5, 0.6) is 0 Å². The number of hydrogen-bond acceptors (Lipinski definition) is 0. The Morgan fingerprint density at radius 2 is 0.737 bits per heavy atom. The van der Waals surface area contributed by atoms with Crippen LogP contribution in [0.4, 0.5) is 13.2 Å². The molecule has 116 valence electrons. The first-order valence-corrected chi connectivity index (χ1v) is 7.47. The van der Waals surface area contributed by atoms with Crippen LogP contribution in [0.3, 0.4) is 0 Å². The van der Waals surface area contributed by atoms with E-state index in [1.54, 1.807) is 0 Å². The van der Waals surface area contributed by atoms with Gasteiger partial charge in [0.05, 0.1) is 5.92 Å². The normalized spacial score (nSPS) is 14.2. The van der Waals surface area contributed by atoms with Crippen LogP contribution in [0.15, 0.2) is 0 Å². The van der Waals surface area contributed by atoms with Gasteiger partial charge in [0.25, 0.3) is 0 Å². The van der Waals surface area contributed by atoms with Gasteiger partial charge in [-0.05, 0) is 35.5 Å². The molecule has 0 nitrogen and oxygen atoms in total. The second-order valence-corrected chi connectivity index (χ2v) is 7.20. The second-order valence-electron chi connectivity index (χ2n) is 7.20. The highest BCUT2D eigenvalue weighted by Gasteiger charge is 2.51. The second kappa shape index (κ2) is 6.99. The van der Waals surface area contributed by atoms with Gasteiger partial charge in [0.1, 0.15) is 0 Å². The van der Waals surface area contributed by atoms with E-state index in [1.807, 2.05) is 55.4 Å². The van der Waals surface area contributed by atoms with E-state index in [9.17, 15) is 13.2 Å². The summed E-state index contributed by atoms with van der Waals surface area (Å²) in [5, 5.41) is 0. The Hall–Kier alpha value is -0.210. The summed E-state index contributed by atoms with van der Waals surface area (Å²) in [6, 6.07) is 0. The van der Waals surface area contributed by atoms with Crippen molar-refractivity contribution in [3.63, 3.8) is 0 Å². The monoisotopic (exact) mass is 280 g/mol. The molecule has 0 amide bonds. The fraction of sp³-hybridized carbons (Fsp3) is 1.00. The fourth-order valence-electron chi connectivity index (χ4n) is 3.89. The molecular formula is C16H31F3. The van der Waals surface area contributed by atoms with Crippen molar-refractivity contribution in [2.45, 2.75) is 61.6 Å². The van der Waals surface area contributed by atoms with E-state index in [1.165, 1.54) is 0 Å². The summed E-state index contributed by atoms with van der Waals surface area (Å²) in [5.41, 5.74) is 0. The Bertz CT molecular complexity index is 215. The molecule has 0 bridgehead atoms. The molecule has 0 saturated heterocycles. The van der Waals surface area contributed by atoms with Crippen molar-refractivity contribution in [3.8, 4) is 0 Å². The molecule has 0 aromatic carbocycles. The van der Waals surface area contributed by atoms with E-state index in [0.717, 1.165) is 0 Å². The van der Waals surface area contributed by atoms with Crippen molar-refractivity contribution in [2.24, 2.45) is 41.4 Å². The van der Waals surface area contributed by atoms with Crippen LogP contribution in [0.1, 0.15) is 55.4 Å². The van der Waals surface area contributed by atoms with Gasteiger partial charge in [0.2, 0.25) is 0 Å². The zero-order valence-corrected chi connectivity index (χ0v) is 13.7. The topological polar surface area (TPSA) is 0 Å². The Morgan fingerprint density at radius 3 is 0.842 bits per heavy atom. The number of rotatable bonds is 6. The molecule has 0 aromatic rings. The molecule has 0 heterocycles. The molecule has 0 spiro atoms. The Kier molecular flexibility index (Phi) is 6.91. The van der Waals surface area contributed by atoms with E-state index in [2.05, 4.69) is 0 Å². The van der Waals surface area contributed by atoms with Crippen LogP contribution in [-0.2, 0) is 0 Å².